The summed E-state index contributed by atoms with van der Waals surface area (Å²) in [6.07, 6.45) is 0. The van der Waals surface area contributed by atoms with E-state index in [9.17, 15) is 0 Å². The summed E-state index contributed by atoms with van der Waals surface area (Å²) in [7, 11) is 0. The van der Waals surface area contributed by atoms with E-state index in [1.54, 1.807) is 27.8 Å². The molecule has 0 fully saturated rings. The van der Waals surface area contributed by atoms with Gasteiger partial charge in [-0.05, 0) is 41.1 Å². The van der Waals surface area contributed by atoms with Crippen molar-refractivity contribution in [1.29, 1.82) is 0 Å². The van der Waals surface area contributed by atoms with Crippen LogP contribution < -0.4 is 0 Å². The molecule has 8 heteroatoms. The van der Waals surface area contributed by atoms with Gasteiger partial charge in [0.2, 0.25) is 5.16 Å². The Bertz CT molecular complexity index is 1030. The molecule has 0 aliphatic rings. The second kappa shape index (κ2) is 7.57. The van der Waals surface area contributed by atoms with Crippen LogP contribution in [0.15, 0.2) is 59.1 Å². The van der Waals surface area contributed by atoms with Crippen molar-refractivity contribution in [2.24, 2.45) is 0 Å². The zero-order chi connectivity index (χ0) is 17.9. The van der Waals surface area contributed by atoms with E-state index in [-0.39, 0.29) is 0 Å². The molecule has 2 aromatic carbocycles. The number of hydrogen-bond donors (Lipinski definition) is 0. The number of nitrogens with zero attached hydrogens (tertiary/aromatic N) is 5. The second-order valence-electron chi connectivity index (χ2n) is 5.60. The average Bonchev–Trinajstić information content (AvgIpc) is 3.30. The van der Waals surface area contributed by atoms with Gasteiger partial charge in [-0.25, -0.2) is 4.98 Å². The van der Waals surface area contributed by atoms with Crippen LogP contribution in [0.25, 0.3) is 16.3 Å². The molecular formula is C18H14ClN5S2. The van der Waals surface area contributed by atoms with Gasteiger partial charge in [-0.15, -0.1) is 16.4 Å². The third kappa shape index (κ3) is 3.65. The first-order chi connectivity index (χ1) is 12.7. The van der Waals surface area contributed by atoms with Gasteiger partial charge in [0, 0.05) is 21.7 Å². The highest BCUT2D eigenvalue weighted by molar-refractivity contribution is 7.98. The van der Waals surface area contributed by atoms with Gasteiger partial charge in [-0.1, -0.05) is 53.7 Å². The Balaban J connectivity index is 1.50. The van der Waals surface area contributed by atoms with Crippen molar-refractivity contribution >= 4 is 34.7 Å². The molecule has 26 heavy (non-hydrogen) atoms. The van der Waals surface area contributed by atoms with Crippen LogP contribution in [0.2, 0.25) is 5.02 Å². The van der Waals surface area contributed by atoms with Crippen LogP contribution in [0.4, 0.5) is 0 Å². The standard InChI is InChI=1S/C18H14ClN5S2/c1-12-4-2-3-5-16(12)24-18(21-22-23-24)26-11-15-10-25-17(20-15)13-6-8-14(19)9-7-13/h2-10H,11H2,1H3. The van der Waals surface area contributed by atoms with Crippen molar-refractivity contribution in [2.45, 2.75) is 17.8 Å². The van der Waals surface area contributed by atoms with Crippen molar-refractivity contribution in [3.63, 3.8) is 0 Å². The van der Waals surface area contributed by atoms with E-state index in [2.05, 4.69) is 20.9 Å². The van der Waals surface area contributed by atoms with Crippen LogP contribution in [0.5, 0.6) is 0 Å². The summed E-state index contributed by atoms with van der Waals surface area (Å²) in [4.78, 5) is 4.71. The Labute approximate surface area is 164 Å². The molecule has 0 unspecified atom stereocenters. The third-order valence-corrected chi connectivity index (χ3v) is 5.92. The minimum absolute atomic E-state index is 0.705. The van der Waals surface area contributed by atoms with Crippen molar-refractivity contribution in [3.8, 4) is 16.3 Å². The van der Waals surface area contributed by atoms with Crippen LogP contribution in [0, 0.1) is 6.92 Å². The van der Waals surface area contributed by atoms with Crippen LogP contribution in [-0.4, -0.2) is 25.2 Å². The smallest absolute Gasteiger partial charge is 0.214 e. The predicted molar refractivity (Wildman–Crippen MR) is 106 cm³/mol. The molecule has 0 aliphatic carbocycles. The normalized spacial score (nSPS) is 11.0. The Morgan fingerprint density at radius 1 is 1.12 bits per heavy atom. The molecule has 4 rings (SSSR count). The lowest BCUT2D eigenvalue weighted by Crippen LogP contribution is -2.01. The van der Waals surface area contributed by atoms with E-state index in [1.165, 1.54) is 0 Å². The number of aromatic nitrogens is 5. The molecule has 0 atom stereocenters. The number of benzene rings is 2. The molecule has 0 amide bonds. The lowest BCUT2D eigenvalue weighted by atomic mass is 10.2. The van der Waals surface area contributed by atoms with E-state index in [0.717, 1.165) is 37.7 Å². The van der Waals surface area contributed by atoms with E-state index in [4.69, 9.17) is 16.6 Å². The summed E-state index contributed by atoms with van der Waals surface area (Å²) in [6.45, 7) is 2.05. The molecule has 0 saturated heterocycles. The van der Waals surface area contributed by atoms with Gasteiger partial charge < -0.3 is 0 Å². The zero-order valence-corrected chi connectivity index (χ0v) is 16.2. The largest absolute Gasteiger partial charge is 0.240 e. The molecule has 0 bridgehead atoms. The third-order valence-electron chi connectivity index (χ3n) is 3.78. The number of hydrogen-bond acceptors (Lipinski definition) is 6. The molecule has 0 aliphatic heterocycles. The molecule has 0 radical (unpaired) electrons. The number of para-hydroxylation sites is 1. The Hall–Kier alpha value is -2.22. The minimum Gasteiger partial charge on any atom is -0.240 e. The van der Waals surface area contributed by atoms with Gasteiger partial charge in [-0.2, -0.15) is 4.68 Å². The van der Waals surface area contributed by atoms with E-state index in [1.807, 2.05) is 55.5 Å². The molecule has 0 saturated carbocycles. The van der Waals surface area contributed by atoms with E-state index >= 15 is 0 Å². The zero-order valence-electron chi connectivity index (χ0n) is 13.8. The number of rotatable bonds is 5. The molecule has 0 N–H and O–H groups in total. The second-order valence-corrected chi connectivity index (χ2v) is 7.84. The first-order valence-electron chi connectivity index (χ1n) is 7.88. The summed E-state index contributed by atoms with van der Waals surface area (Å²) in [5.41, 5.74) is 4.19. The minimum atomic E-state index is 0.705. The summed E-state index contributed by atoms with van der Waals surface area (Å²) in [5.74, 6) is 0.705. The van der Waals surface area contributed by atoms with Gasteiger partial charge in [-0.3, -0.25) is 0 Å². The highest BCUT2D eigenvalue weighted by Gasteiger charge is 2.12. The number of thioether (sulfide) groups is 1. The van der Waals surface area contributed by atoms with Gasteiger partial charge in [0.1, 0.15) is 5.01 Å². The Morgan fingerprint density at radius 2 is 1.92 bits per heavy atom. The maximum absolute atomic E-state index is 5.95. The summed E-state index contributed by atoms with van der Waals surface area (Å²) in [5, 5.41) is 16.6. The average molecular weight is 400 g/mol. The number of halogens is 1. The van der Waals surface area contributed by atoms with Gasteiger partial charge in [0.05, 0.1) is 11.4 Å². The Morgan fingerprint density at radius 3 is 2.73 bits per heavy atom. The highest BCUT2D eigenvalue weighted by atomic mass is 35.5. The summed E-state index contributed by atoms with van der Waals surface area (Å²) in [6, 6.07) is 15.8. The number of tetrazole rings is 1. The SMILES string of the molecule is Cc1ccccc1-n1nnnc1SCc1csc(-c2ccc(Cl)cc2)n1. The monoisotopic (exact) mass is 399 g/mol. The van der Waals surface area contributed by atoms with Gasteiger partial charge >= 0.3 is 0 Å². The van der Waals surface area contributed by atoms with Crippen molar-refractivity contribution in [3.05, 3.63) is 70.2 Å². The maximum atomic E-state index is 5.95. The fourth-order valence-corrected chi connectivity index (χ4v) is 4.29. The summed E-state index contributed by atoms with van der Waals surface area (Å²) < 4.78 is 1.77. The van der Waals surface area contributed by atoms with Crippen molar-refractivity contribution in [1.82, 2.24) is 25.2 Å². The van der Waals surface area contributed by atoms with Crippen LogP contribution >= 0.6 is 34.7 Å². The highest BCUT2D eigenvalue weighted by Crippen LogP contribution is 2.28. The fourth-order valence-electron chi connectivity index (χ4n) is 2.46. The fraction of sp³-hybridized carbons (Fsp3) is 0.111. The van der Waals surface area contributed by atoms with Crippen molar-refractivity contribution in [2.75, 3.05) is 0 Å². The molecular weight excluding hydrogens is 386 g/mol. The van der Waals surface area contributed by atoms with E-state index in [0.29, 0.717) is 5.75 Å². The van der Waals surface area contributed by atoms with Crippen LogP contribution in [-0.2, 0) is 5.75 Å². The molecule has 2 heterocycles. The van der Waals surface area contributed by atoms with Gasteiger partial charge in [0.15, 0.2) is 0 Å². The van der Waals surface area contributed by atoms with E-state index < -0.39 is 0 Å². The first-order valence-corrected chi connectivity index (χ1v) is 10.1. The molecule has 130 valence electrons. The molecule has 0 spiro atoms. The van der Waals surface area contributed by atoms with Crippen molar-refractivity contribution < 1.29 is 0 Å². The number of aryl methyl sites for hydroxylation is 1. The summed E-state index contributed by atoms with van der Waals surface area (Å²) >= 11 is 9.14. The van der Waals surface area contributed by atoms with Crippen LogP contribution in [0.3, 0.4) is 0 Å². The quantitative estimate of drug-likeness (QED) is 0.440. The predicted octanol–water partition coefficient (Wildman–Crippen LogP) is 5.04. The molecule has 2 aromatic heterocycles. The molecule has 5 nitrogen and oxygen atoms in total. The lowest BCUT2D eigenvalue weighted by molar-refractivity contribution is 0.752. The number of thiazole rings is 1. The Kier molecular flexibility index (Phi) is 5.01. The van der Waals surface area contributed by atoms with Crippen LogP contribution in [0.1, 0.15) is 11.3 Å². The van der Waals surface area contributed by atoms with Gasteiger partial charge in [0.25, 0.3) is 0 Å². The lowest BCUT2D eigenvalue weighted by Gasteiger charge is -2.06. The topological polar surface area (TPSA) is 56.5 Å². The maximum Gasteiger partial charge on any atom is 0.214 e. The first kappa shape index (κ1) is 17.2. The molecule has 4 aromatic rings.